The number of aromatic nitrogens is 2. The van der Waals surface area contributed by atoms with Gasteiger partial charge in [0, 0.05) is 24.9 Å². The van der Waals surface area contributed by atoms with E-state index in [2.05, 4.69) is 25.6 Å². The number of aliphatic carboxylic acids is 1. The second-order valence-electron chi connectivity index (χ2n) is 6.58. The lowest BCUT2D eigenvalue weighted by atomic mass is 10.1. The van der Waals surface area contributed by atoms with Gasteiger partial charge in [0.05, 0.1) is 12.4 Å². The first kappa shape index (κ1) is 25.2. The molecule has 1 rings (SSSR count). The molecule has 0 fully saturated rings. The maximum Gasteiger partial charge on any atom is 0.326 e. The van der Waals surface area contributed by atoms with Crippen molar-refractivity contribution in [1.82, 2.24) is 20.6 Å². The molecular weight excluding hydrogens is 412 g/mol. The summed E-state index contributed by atoms with van der Waals surface area (Å²) in [7, 11) is 0. The van der Waals surface area contributed by atoms with Crippen molar-refractivity contribution in [3.8, 4) is 0 Å². The second-order valence-corrected chi connectivity index (χ2v) is 7.56. The highest BCUT2D eigenvalue weighted by Gasteiger charge is 2.28. The highest BCUT2D eigenvalue weighted by molar-refractivity contribution is 7.98. The van der Waals surface area contributed by atoms with E-state index in [1.165, 1.54) is 12.5 Å². The summed E-state index contributed by atoms with van der Waals surface area (Å²) in [5.74, 6) is -1.71. The zero-order valence-electron chi connectivity index (χ0n) is 16.8. The summed E-state index contributed by atoms with van der Waals surface area (Å²) < 4.78 is 0. The van der Waals surface area contributed by atoms with Gasteiger partial charge in [0.2, 0.25) is 11.8 Å². The summed E-state index contributed by atoms with van der Waals surface area (Å²) in [6.45, 7) is 0.237. The predicted octanol–water partition coefficient (Wildman–Crippen LogP) is -1.86. The van der Waals surface area contributed by atoms with Gasteiger partial charge in [-0.1, -0.05) is 0 Å². The van der Waals surface area contributed by atoms with Gasteiger partial charge >= 0.3 is 5.97 Å². The molecule has 0 aliphatic heterocycles. The number of carbonyl (C=O) groups excluding carboxylic acids is 2. The molecule has 0 spiro atoms. The zero-order valence-corrected chi connectivity index (χ0v) is 17.7. The van der Waals surface area contributed by atoms with Crippen molar-refractivity contribution in [2.24, 2.45) is 22.2 Å². The number of guanidine groups is 1. The number of nitrogens with zero attached hydrogens (tertiary/aromatic N) is 2. The standard InChI is InChI=1S/C17H30N8O4S/c1-30-6-4-11(18)14(26)25-13(7-10-8-21-9-23-10)15(27)24-12(16(28)29)3-2-5-22-17(19)20/h8-9,11-13H,2-7,18H2,1H3,(H,21,23)(H,24,27)(H,25,26)(H,28,29)(H4,19,20,22). The van der Waals surface area contributed by atoms with Gasteiger partial charge in [0.15, 0.2) is 5.96 Å². The van der Waals surface area contributed by atoms with Crippen LogP contribution in [0.2, 0.25) is 0 Å². The number of carbonyl (C=O) groups is 3. The molecule has 3 unspecified atom stereocenters. The second kappa shape index (κ2) is 13.4. The Morgan fingerprint density at radius 1 is 1.23 bits per heavy atom. The summed E-state index contributed by atoms with van der Waals surface area (Å²) in [6.07, 6.45) is 5.89. The first-order chi connectivity index (χ1) is 14.2. The van der Waals surface area contributed by atoms with Gasteiger partial charge in [0.1, 0.15) is 12.1 Å². The van der Waals surface area contributed by atoms with Crippen LogP contribution in [0.25, 0.3) is 0 Å². The Bertz CT molecular complexity index is 709. The van der Waals surface area contributed by atoms with E-state index in [0.29, 0.717) is 24.3 Å². The van der Waals surface area contributed by atoms with Gasteiger partial charge in [-0.2, -0.15) is 11.8 Å². The molecule has 30 heavy (non-hydrogen) atoms. The number of hydrogen-bond acceptors (Lipinski definition) is 7. The van der Waals surface area contributed by atoms with Gasteiger partial charge in [-0.05, 0) is 31.3 Å². The molecule has 0 radical (unpaired) electrons. The minimum Gasteiger partial charge on any atom is -0.480 e. The van der Waals surface area contributed by atoms with Crippen LogP contribution in [0.3, 0.4) is 0 Å². The van der Waals surface area contributed by atoms with E-state index in [0.717, 1.165) is 0 Å². The highest BCUT2D eigenvalue weighted by atomic mass is 32.2. The van der Waals surface area contributed by atoms with Crippen LogP contribution in [0.1, 0.15) is 25.0 Å². The third-order valence-corrected chi connectivity index (χ3v) is 4.79. The highest BCUT2D eigenvalue weighted by Crippen LogP contribution is 2.05. The van der Waals surface area contributed by atoms with Gasteiger partial charge in [-0.25, -0.2) is 9.78 Å². The fourth-order valence-corrected chi connectivity index (χ4v) is 3.00. The Morgan fingerprint density at radius 3 is 2.50 bits per heavy atom. The van der Waals surface area contributed by atoms with Crippen molar-refractivity contribution in [3.05, 3.63) is 18.2 Å². The lowest BCUT2D eigenvalue weighted by Crippen LogP contribution is -2.55. The Morgan fingerprint density at radius 2 is 1.93 bits per heavy atom. The van der Waals surface area contributed by atoms with Crippen LogP contribution in [-0.4, -0.2) is 75.5 Å². The number of carboxylic acids is 1. The molecule has 0 aromatic carbocycles. The number of nitrogens with one attached hydrogen (secondary N) is 3. The minimum absolute atomic E-state index is 0.0916. The Kier molecular flexibility index (Phi) is 11.3. The largest absolute Gasteiger partial charge is 0.480 e. The fourth-order valence-electron chi connectivity index (χ4n) is 2.51. The number of rotatable bonds is 14. The number of amides is 2. The smallest absolute Gasteiger partial charge is 0.326 e. The van der Waals surface area contributed by atoms with Gasteiger partial charge < -0.3 is 37.9 Å². The first-order valence-electron chi connectivity index (χ1n) is 9.35. The molecule has 0 aliphatic rings. The van der Waals surface area contributed by atoms with E-state index in [9.17, 15) is 19.5 Å². The Balaban J connectivity index is 2.79. The fraction of sp³-hybridized carbons (Fsp3) is 0.588. The van der Waals surface area contributed by atoms with Crippen molar-refractivity contribution in [1.29, 1.82) is 0 Å². The summed E-state index contributed by atoms with van der Waals surface area (Å²) >= 11 is 1.56. The normalized spacial score (nSPS) is 13.7. The Labute approximate surface area is 178 Å². The van der Waals surface area contributed by atoms with Crippen LogP contribution in [0.15, 0.2) is 17.5 Å². The number of imidazole rings is 1. The summed E-state index contributed by atoms with van der Waals surface area (Å²) in [4.78, 5) is 47.2. The predicted molar refractivity (Wildman–Crippen MR) is 115 cm³/mol. The number of hydrogen-bond donors (Lipinski definition) is 7. The van der Waals surface area contributed by atoms with Crippen LogP contribution >= 0.6 is 11.8 Å². The number of aliphatic imine (C=N–C) groups is 1. The molecule has 3 atom stereocenters. The van der Waals surface area contributed by atoms with E-state index in [1.54, 1.807) is 11.8 Å². The van der Waals surface area contributed by atoms with E-state index in [4.69, 9.17) is 17.2 Å². The van der Waals surface area contributed by atoms with E-state index < -0.39 is 35.9 Å². The third-order valence-electron chi connectivity index (χ3n) is 4.14. The zero-order chi connectivity index (χ0) is 22.5. The average Bonchev–Trinajstić information content (AvgIpc) is 3.20. The topological polar surface area (TPSA) is 215 Å². The van der Waals surface area contributed by atoms with Crippen LogP contribution in [0, 0.1) is 0 Å². The molecule has 1 heterocycles. The molecule has 13 heteroatoms. The molecule has 0 aliphatic carbocycles. The molecule has 12 nitrogen and oxygen atoms in total. The van der Waals surface area contributed by atoms with E-state index >= 15 is 0 Å². The number of nitrogens with two attached hydrogens (primary N) is 3. The molecule has 1 aromatic rings. The van der Waals surface area contributed by atoms with Gasteiger partial charge in [0.25, 0.3) is 0 Å². The molecule has 0 saturated carbocycles. The molecular formula is C17H30N8O4S. The molecule has 0 bridgehead atoms. The van der Waals surface area contributed by atoms with Crippen molar-refractivity contribution >= 4 is 35.5 Å². The van der Waals surface area contributed by atoms with E-state index in [-0.39, 0.29) is 25.3 Å². The maximum absolute atomic E-state index is 12.8. The van der Waals surface area contributed by atoms with E-state index in [1.807, 2.05) is 6.26 Å². The number of H-pyrrole nitrogens is 1. The van der Waals surface area contributed by atoms with Crippen LogP contribution in [0.4, 0.5) is 0 Å². The SMILES string of the molecule is CSCCC(N)C(=O)NC(Cc1cnc[nH]1)C(=O)NC(CCCN=C(N)N)C(=O)O. The van der Waals surface area contributed by atoms with Crippen LogP contribution in [0.5, 0.6) is 0 Å². The van der Waals surface area contributed by atoms with Crippen molar-refractivity contribution in [2.75, 3.05) is 18.6 Å². The van der Waals surface area contributed by atoms with Gasteiger partial charge in [-0.3, -0.25) is 14.6 Å². The molecule has 2 amide bonds. The summed E-state index contributed by atoms with van der Waals surface area (Å²) in [5, 5.41) is 14.5. The van der Waals surface area contributed by atoms with Crippen LogP contribution in [-0.2, 0) is 20.8 Å². The van der Waals surface area contributed by atoms with Crippen molar-refractivity contribution in [2.45, 2.75) is 43.8 Å². The molecule has 168 valence electrons. The van der Waals surface area contributed by atoms with Crippen LogP contribution < -0.4 is 27.8 Å². The number of thioether (sulfide) groups is 1. The quantitative estimate of drug-likeness (QED) is 0.0975. The molecule has 1 aromatic heterocycles. The molecule has 10 N–H and O–H groups in total. The van der Waals surface area contributed by atoms with Gasteiger partial charge in [-0.15, -0.1) is 0 Å². The molecule has 0 saturated heterocycles. The lowest BCUT2D eigenvalue weighted by molar-refractivity contribution is -0.142. The lowest BCUT2D eigenvalue weighted by Gasteiger charge is -2.22. The maximum atomic E-state index is 12.8. The average molecular weight is 443 g/mol. The van der Waals surface area contributed by atoms with Crippen molar-refractivity contribution < 1.29 is 19.5 Å². The summed E-state index contributed by atoms with van der Waals surface area (Å²) in [6, 6.07) is -2.94. The summed E-state index contributed by atoms with van der Waals surface area (Å²) in [5.41, 5.74) is 17.0. The first-order valence-corrected chi connectivity index (χ1v) is 10.7. The monoisotopic (exact) mass is 442 g/mol. The number of carboxylic acid groups (broad SMARTS) is 1. The minimum atomic E-state index is -1.20. The Hall–Kier alpha value is -2.80. The van der Waals surface area contributed by atoms with Crippen molar-refractivity contribution in [3.63, 3.8) is 0 Å². The third kappa shape index (κ3) is 9.60. The number of aromatic amines is 1.